The molecule has 1 saturated heterocycles. The first-order valence-corrected chi connectivity index (χ1v) is 12.0. The Labute approximate surface area is 186 Å². The van der Waals surface area contributed by atoms with Gasteiger partial charge in [-0.05, 0) is 38.1 Å². The third-order valence-corrected chi connectivity index (χ3v) is 7.09. The van der Waals surface area contributed by atoms with E-state index < -0.39 is 15.3 Å². The second-order valence-electron chi connectivity index (χ2n) is 8.00. The zero-order valence-electron chi connectivity index (χ0n) is 18.0. The predicted molar refractivity (Wildman–Crippen MR) is 121 cm³/mol. The predicted octanol–water partition coefficient (Wildman–Crippen LogP) is 2.27. The number of nitrogens with zero attached hydrogens (tertiary/aromatic N) is 6. The van der Waals surface area contributed by atoms with Gasteiger partial charge in [0.2, 0.25) is 10.0 Å². The highest BCUT2D eigenvalue weighted by atomic mass is 32.2. The highest BCUT2D eigenvalue weighted by molar-refractivity contribution is 7.93. The fourth-order valence-corrected chi connectivity index (χ4v) is 4.13. The Hall–Kier alpha value is -3.05. The van der Waals surface area contributed by atoms with E-state index in [2.05, 4.69) is 29.8 Å². The first-order valence-electron chi connectivity index (χ1n) is 10.4. The quantitative estimate of drug-likeness (QED) is 0.579. The van der Waals surface area contributed by atoms with E-state index in [0.29, 0.717) is 18.1 Å². The van der Waals surface area contributed by atoms with Crippen molar-refractivity contribution in [1.82, 2.24) is 24.9 Å². The van der Waals surface area contributed by atoms with Crippen LogP contribution in [0, 0.1) is 5.82 Å². The van der Waals surface area contributed by atoms with Crippen LogP contribution in [0.2, 0.25) is 0 Å². The molecule has 0 bridgehead atoms. The van der Waals surface area contributed by atoms with Gasteiger partial charge in [0.05, 0.1) is 22.8 Å². The van der Waals surface area contributed by atoms with E-state index in [-0.39, 0.29) is 5.82 Å². The van der Waals surface area contributed by atoms with Crippen LogP contribution in [0.25, 0.3) is 5.82 Å². The molecule has 1 fully saturated rings. The van der Waals surface area contributed by atoms with Crippen molar-refractivity contribution < 1.29 is 12.8 Å². The summed E-state index contributed by atoms with van der Waals surface area (Å²) < 4.78 is 41.8. The molecule has 9 nitrogen and oxygen atoms in total. The number of piperazine rings is 1. The van der Waals surface area contributed by atoms with Crippen molar-refractivity contribution in [1.29, 1.82) is 0 Å². The summed E-state index contributed by atoms with van der Waals surface area (Å²) in [5, 5.41) is 7.74. The minimum absolute atomic E-state index is 0.371. The number of hydrogen-bond acceptors (Lipinski definition) is 7. The highest BCUT2D eigenvalue weighted by Crippen LogP contribution is 2.22. The van der Waals surface area contributed by atoms with Crippen LogP contribution in [0.5, 0.6) is 0 Å². The molecule has 4 rings (SSSR count). The van der Waals surface area contributed by atoms with Crippen LogP contribution >= 0.6 is 0 Å². The smallest absolute Gasteiger partial charge is 0.235 e. The molecule has 0 spiro atoms. The van der Waals surface area contributed by atoms with E-state index in [4.69, 9.17) is 0 Å². The van der Waals surface area contributed by atoms with Crippen molar-refractivity contribution >= 4 is 21.4 Å². The number of hydrogen-bond donors (Lipinski definition) is 1. The van der Waals surface area contributed by atoms with Gasteiger partial charge in [-0.1, -0.05) is 11.3 Å². The van der Waals surface area contributed by atoms with Gasteiger partial charge in [-0.15, -0.1) is 5.10 Å². The van der Waals surface area contributed by atoms with E-state index in [9.17, 15) is 12.8 Å². The SMILES string of the molecule is CC(C)S(=O)(=O)Nc1cccc(N2CCN(Cc3cn(-c4cc(F)ccn4)nn3)CC2)c1. The van der Waals surface area contributed by atoms with Crippen molar-refractivity contribution in [3.05, 3.63) is 60.3 Å². The summed E-state index contributed by atoms with van der Waals surface area (Å²) in [5.41, 5.74) is 2.34. The maximum Gasteiger partial charge on any atom is 0.235 e. The number of rotatable bonds is 7. The first kappa shape index (κ1) is 22.2. The van der Waals surface area contributed by atoms with Crippen molar-refractivity contribution in [2.75, 3.05) is 35.8 Å². The molecule has 3 heterocycles. The van der Waals surface area contributed by atoms with Crippen molar-refractivity contribution in [2.45, 2.75) is 25.6 Å². The Balaban J connectivity index is 1.34. The second-order valence-corrected chi connectivity index (χ2v) is 10.2. The standard InChI is InChI=1S/C21H26FN7O2S/c1-16(2)32(30,31)25-18-4-3-5-20(13-18)28-10-8-27(9-11-28)14-19-15-29(26-24-19)21-12-17(22)6-7-23-21/h3-7,12-13,15-16,25H,8-11,14H2,1-2H3. The second kappa shape index (κ2) is 9.21. The number of pyridine rings is 1. The van der Waals surface area contributed by atoms with Gasteiger partial charge in [0.1, 0.15) is 5.82 Å². The van der Waals surface area contributed by atoms with E-state index in [1.165, 1.54) is 23.0 Å². The molecule has 1 aliphatic rings. The lowest BCUT2D eigenvalue weighted by Crippen LogP contribution is -2.46. The molecule has 1 aliphatic heterocycles. The van der Waals surface area contributed by atoms with Crippen molar-refractivity contribution in [3.63, 3.8) is 0 Å². The van der Waals surface area contributed by atoms with E-state index in [1.54, 1.807) is 26.1 Å². The molecule has 0 saturated carbocycles. The lowest BCUT2D eigenvalue weighted by atomic mass is 10.2. The Kier molecular flexibility index (Phi) is 6.38. The summed E-state index contributed by atoms with van der Waals surface area (Å²) in [6, 6.07) is 10.1. The van der Waals surface area contributed by atoms with Gasteiger partial charge < -0.3 is 4.90 Å². The first-order chi connectivity index (χ1) is 15.3. The number of benzene rings is 1. The average Bonchev–Trinajstić information content (AvgIpc) is 3.23. The van der Waals surface area contributed by atoms with E-state index in [1.807, 2.05) is 18.2 Å². The maximum atomic E-state index is 13.4. The lowest BCUT2D eigenvalue weighted by Gasteiger charge is -2.35. The summed E-state index contributed by atoms with van der Waals surface area (Å²) in [4.78, 5) is 8.62. The largest absolute Gasteiger partial charge is 0.369 e. The molecule has 0 radical (unpaired) electrons. The molecule has 1 N–H and O–H groups in total. The molecule has 3 aromatic rings. The fraction of sp³-hybridized carbons (Fsp3) is 0.381. The molecule has 0 atom stereocenters. The summed E-state index contributed by atoms with van der Waals surface area (Å²) in [7, 11) is -3.38. The zero-order chi connectivity index (χ0) is 22.7. The number of anilines is 2. The molecule has 2 aromatic heterocycles. The number of halogens is 1. The Morgan fingerprint density at radius 1 is 1.12 bits per heavy atom. The van der Waals surface area contributed by atoms with Gasteiger partial charge in [0.25, 0.3) is 0 Å². The van der Waals surface area contributed by atoms with Crippen LogP contribution in [-0.4, -0.2) is 64.7 Å². The monoisotopic (exact) mass is 459 g/mol. The normalized spacial score (nSPS) is 15.3. The summed E-state index contributed by atoms with van der Waals surface area (Å²) in [6.07, 6.45) is 3.16. The lowest BCUT2D eigenvalue weighted by molar-refractivity contribution is 0.247. The molecular weight excluding hydrogens is 433 g/mol. The van der Waals surface area contributed by atoms with Crippen LogP contribution in [0.4, 0.5) is 15.8 Å². The summed E-state index contributed by atoms with van der Waals surface area (Å²) in [6.45, 7) is 7.20. The molecule has 170 valence electrons. The third-order valence-electron chi connectivity index (χ3n) is 5.33. The van der Waals surface area contributed by atoms with Crippen LogP contribution in [0.15, 0.2) is 48.8 Å². The summed E-state index contributed by atoms with van der Waals surface area (Å²) >= 11 is 0. The zero-order valence-corrected chi connectivity index (χ0v) is 18.8. The number of sulfonamides is 1. The Morgan fingerprint density at radius 2 is 1.91 bits per heavy atom. The Bertz CT molecular complexity index is 1170. The average molecular weight is 460 g/mol. The van der Waals surface area contributed by atoms with Crippen LogP contribution in [-0.2, 0) is 16.6 Å². The molecule has 0 unspecified atom stereocenters. The van der Waals surface area contributed by atoms with Gasteiger partial charge >= 0.3 is 0 Å². The molecule has 0 amide bonds. The van der Waals surface area contributed by atoms with Crippen LogP contribution in [0.3, 0.4) is 0 Å². The minimum Gasteiger partial charge on any atom is -0.369 e. The highest BCUT2D eigenvalue weighted by Gasteiger charge is 2.20. The van der Waals surface area contributed by atoms with Crippen molar-refractivity contribution in [3.8, 4) is 5.82 Å². The molecular formula is C21H26FN7O2S. The fourth-order valence-electron chi connectivity index (χ4n) is 3.44. The number of nitrogens with one attached hydrogen (secondary N) is 1. The number of aromatic nitrogens is 4. The van der Waals surface area contributed by atoms with Crippen LogP contribution in [0.1, 0.15) is 19.5 Å². The Morgan fingerprint density at radius 3 is 2.62 bits per heavy atom. The summed E-state index contributed by atoms with van der Waals surface area (Å²) in [5.74, 6) is 0.0192. The van der Waals surface area contributed by atoms with Gasteiger partial charge in [0, 0.05) is 50.7 Å². The van der Waals surface area contributed by atoms with Gasteiger partial charge in [0.15, 0.2) is 5.82 Å². The van der Waals surface area contributed by atoms with Crippen LogP contribution < -0.4 is 9.62 Å². The molecule has 0 aliphatic carbocycles. The van der Waals surface area contributed by atoms with E-state index >= 15 is 0 Å². The molecule has 11 heteroatoms. The third kappa shape index (κ3) is 5.22. The topological polar surface area (TPSA) is 96.2 Å². The van der Waals surface area contributed by atoms with Crippen molar-refractivity contribution in [2.24, 2.45) is 0 Å². The maximum absolute atomic E-state index is 13.4. The van der Waals surface area contributed by atoms with Gasteiger partial charge in [-0.2, -0.15) is 0 Å². The van der Waals surface area contributed by atoms with Gasteiger partial charge in [-0.3, -0.25) is 9.62 Å². The van der Waals surface area contributed by atoms with E-state index in [0.717, 1.165) is 37.6 Å². The van der Waals surface area contributed by atoms with Gasteiger partial charge in [-0.25, -0.2) is 22.5 Å². The minimum atomic E-state index is -3.38. The molecule has 32 heavy (non-hydrogen) atoms. The molecule has 1 aromatic carbocycles.